The Balaban J connectivity index is 1.14. The number of aromatic nitrogens is 1. The molecule has 11 aromatic rings. The highest BCUT2D eigenvalue weighted by Crippen LogP contribution is 2.51. The van der Waals surface area contributed by atoms with Crippen LogP contribution >= 0.6 is 11.3 Å². The molecule has 0 unspecified atom stereocenters. The average Bonchev–Trinajstić information content (AvgIpc) is 3.88. The minimum absolute atomic E-state index is 0.579. The molecule has 0 bridgehead atoms. The Morgan fingerprint density at radius 3 is 1.90 bits per heavy atom. The number of benzene rings is 9. The monoisotopic (exact) mass is 800 g/mol. The van der Waals surface area contributed by atoms with Gasteiger partial charge in [-0.25, -0.2) is 0 Å². The first-order valence-corrected chi connectivity index (χ1v) is 22.6. The lowest BCUT2D eigenvalue weighted by Gasteiger charge is -2.31. The van der Waals surface area contributed by atoms with E-state index in [1.807, 2.05) is 11.3 Å². The summed E-state index contributed by atoms with van der Waals surface area (Å²) < 4.78 is 5.01. The van der Waals surface area contributed by atoms with Gasteiger partial charge in [0, 0.05) is 47.8 Å². The first kappa shape index (κ1) is 36.0. The maximum atomic E-state index is 2.57. The standard InChI is InChI=1S/C58H44N2S/c1-3-18-39(19-4-1)44-28-15-20-40-21-16-29-48(57(40)44)46-26-9-13-32-52(46)60(53-33-17-35-56-58(53)49-27-10-14-34-55(49)61-56)50-30-11-7-24-43(50)41-36-37-47-45-25-8-12-31-51(45)59(54(47)38-41)42-22-5-2-6-23-42/h2,5-17,20-39H,1,3-4,18-19H2. The molecule has 1 aliphatic carbocycles. The molecule has 0 saturated heterocycles. The number of hydrogen-bond acceptors (Lipinski definition) is 2. The first-order chi connectivity index (χ1) is 30.3. The van der Waals surface area contributed by atoms with Crippen LogP contribution in [0.25, 0.3) is 80.7 Å². The molecule has 292 valence electrons. The fourth-order valence-electron chi connectivity index (χ4n) is 10.5. The second kappa shape index (κ2) is 15.0. The summed E-state index contributed by atoms with van der Waals surface area (Å²) in [6.45, 7) is 0. The molecule has 9 aromatic carbocycles. The lowest BCUT2D eigenvalue weighted by molar-refractivity contribution is 0.445. The third kappa shape index (κ3) is 5.98. The van der Waals surface area contributed by atoms with Crippen molar-refractivity contribution in [3.63, 3.8) is 0 Å². The van der Waals surface area contributed by atoms with Crippen molar-refractivity contribution in [2.45, 2.75) is 38.0 Å². The van der Waals surface area contributed by atoms with Gasteiger partial charge in [0.05, 0.1) is 28.1 Å². The van der Waals surface area contributed by atoms with Gasteiger partial charge in [-0.3, -0.25) is 0 Å². The molecular formula is C58H44N2S. The van der Waals surface area contributed by atoms with Crippen LogP contribution in [0.4, 0.5) is 17.1 Å². The summed E-state index contributed by atoms with van der Waals surface area (Å²) >= 11 is 1.88. The van der Waals surface area contributed by atoms with Crippen molar-refractivity contribution in [2.75, 3.05) is 4.90 Å². The molecule has 61 heavy (non-hydrogen) atoms. The number of thiophene rings is 1. The molecule has 3 heteroatoms. The van der Waals surface area contributed by atoms with Crippen LogP contribution < -0.4 is 4.90 Å². The molecule has 0 spiro atoms. The van der Waals surface area contributed by atoms with Crippen LogP contribution in [0.1, 0.15) is 43.6 Å². The smallest absolute Gasteiger partial charge is 0.0555 e. The molecule has 1 fully saturated rings. The maximum Gasteiger partial charge on any atom is 0.0555 e. The molecular weight excluding hydrogens is 757 g/mol. The second-order valence-electron chi connectivity index (χ2n) is 16.6. The van der Waals surface area contributed by atoms with Crippen molar-refractivity contribution in [1.82, 2.24) is 4.57 Å². The van der Waals surface area contributed by atoms with E-state index in [2.05, 4.69) is 210 Å². The summed E-state index contributed by atoms with van der Waals surface area (Å²) in [6, 6.07) is 74.5. The summed E-state index contributed by atoms with van der Waals surface area (Å²) in [5.74, 6) is 0.579. The molecule has 0 radical (unpaired) electrons. The first-order valence-electron chi connectivity index (χ1n) is 21.8. The summed E-state index contributed by atoms with van der Waals surface area (Å²) in [6.07, 6.45) is 6.47. The van der Waals surface area contributed by atoms with Crippen molar-refractivity contribution >= 4 is 81.1 Å². The number of rotatable bonds is 7. The molecule has 2 aromatic heterocycles. The predicted molar refractivity (Wildman–Crippen MR) is 263 cm³/mol. The van der Waals surface area contributed by atoms with Crippen molar-refractivity contribution in [1.29, 1.82) is 0 Å². The molecule has 0 N–H and O–H groups in total. The zero-order valence-corrected chi connectivity index (χ0v) is 34.8. The van der Waals surface area contributed by atoms with Gasteiger partial charge in [0.1, 0.15) is 0 Å². The third-order valence-corrected chi connectivity index (χ3v) is 14.3. The SMILES string of the molecule is c1ccc(-n2c3ccccc3c3ccc(-c4ccccc4N(c4ccccc4-c4cccc5cccc(C6CCCCC6)c45)c4cccc5sc6ccccc6c45)cc32)cc1. The van der Waals surface area contributed by atoms with Crippen molar-refractivity contribution < 1.29 is 0 Å². The second-order valence-corrected chi connectivity index (χ2v) is 17.7. The molecule has 12 rings (SSSR count). The van der Waals surface area contributed by atoms with Crippen molar-refractivity contribution in [2.24, 2.45) is 0 Å². The molecule has 1 aliphatic rings. The van der Waals surface area contributed by atoms with E-state index in [0.717, 1.165) is 11.4 Å². The highest BCUT2D eigenvalue weighted by atomic mass is 32.1. The van der Waals surface area contributed by atoms with Gasteiger partial charge in [0.25, 0.3) is 0 Å². The average molecular weight is 801 g/mol. The van der Waals surface area contributed by atoms with E-state index in [1.54, 1.807) is 0 Å². The van der Waals surface area contributed by atoms with Crippen molar-refractivity contribution in [3.05, 3.63) is 206 Å². The normalized spacial score (nSPS) is 13.5. The molecule has 2 nitrogen and oxygen atoms in total. The lowest BCUT2D eigenvalue weighted by atomic mass is 9.80. The van der Waals surface area contributed by atoms with Gasteiger partial charge in [0.15, 0.2) is 0 Å². The highest BCUT2D eigenvalue weighted by Gasteiger charge is 2.26. The van der Waals surface area contributed by atoms with Gasteiger partial charge in [-0.1, -0.05) is 165 Å². The van der Waals surface area contributed by atoms with E-state index in [1.165, 1.54) is 124 Å². The Bertz CT molecular complexity index is 3420. The van der Waals surface area contributed by atoms with E-state index in [0.29, 0.717) is 5.92 Å². The minimum Gasteiger partial charge on any atom is -0.309 e. The topological polar surface area (TPSA) is 8.17 Å². The number of para-hydroxylation sites is 4. The van der Waals surface area contributed by atoms with Crippen LogP contribution in [0, 0.1) is 0 Å². The molecule has 0 amide bonds. The molecule has 2 heterocycles. The number of anilines is 3. The number of hydrogen-bond donors (Lipinski definition) is 0. The third-order valence-electron chi connectivity index (χ3n) is 13.2. The predicted octanol–water partition coefficient (Wildman–Crippen LogP) is 17.2. The van der Waals surface area contributed by atoms with Crippen LogP contribution in [0.15, 0.2) is 200 Å². The van der Waals surface area contributed by atoms with E-state index in [-0.39, 0.29) is 0 Å². The van der Waals surface area contributed by atoms with Gasteiger partial charge >= 0.3 is 0 Å². The molecule has 0 atom stereocenters. The number of fused-ring (bicyclic) bond motifs is 7. The largest absolute Gasteiger partial charge is 0.309 e. The van der Waals surface area contributed by atoms with Gasteiger partial charge < -0.3 is 9.47 Å². The lowest BCUT2D eigenvalue weighted by Crippen LogP contribution is -2.13. The minimum atomic E-state index is 0.579. The molecule has 1 saturated carbocycles. The summed E-state index contributed by atoms with van der Waals surface area (Å²) in [7, 11) is 0. The van der Waals surface area contributed by atoms with Gasteiger partial charge in [-0.2, -0.15) is 0 Å². The Labute approximate surface area is 360 Å². The summed E-state index contributed by atoms with van der Waals surface area (Å²) in [5, 5.41) is 7.80. The summed E-state index contributed by atoms with van der Waals surface area (Å²) in [5.41, 5.74) is 13.5. The Hall–Kier alpha value is -6.94. The highest BCUT2D eigenvalue weighted by molar-refractivity contribution is 7.26. The van der Waals surface area contributed by atoms with Crippen LogP contribution in [0.2, 0.25) is 0 Å². The Kier molecular flexibility index (Phi) is 8.82. The van der Waals surface area contributed by atoms with E-state index < -0.39 is 0 Å². The molecule has 0 aliphatic heterocycles. The number of nitrogens with zero attached hydrogens (tertiary/aromatic N) is 2. The van der Waals surface area contributed by atoms with Gasteiger partial charge in [-0.15, -0.1) is 11.3 Å². The fourth-order valence-corrected chi connectivity index (χ4v) is 11.6. The van der Waals surface area contributed by atoms with Gasteiger partial charge in [0.2, 0.25) is 0 Å². The van der Waals surface area contributed by atoms with E-state index >= 15 is 0 Å². The Morgan fingerprint density at radius 2 is 1.05 bits per heavy atom. The van der Waals surface area contributed by atoms with Crippen LogP contribution in [-0.4, -0.2) is 4.57 Å². The fraction of sp³-hybridized carbons (Fsp3) is 0.103. The zero-order chi connectivity index (χ0) is 40.3. The van der Waals surface area contributed by atoms with Crippen LogP contribution in [-0.2, 0) is 0 Å². The van der Waals surface area contributed by atoms with Crippen molar-refractivity contribution in [3.8, 4) is 27.9 Å². The van der Waals surface area contributed by atoms with E-state index in [9.17, 15) is 0 Å². The summed E-state index contributed by atoms with van der Waals surface area (Å²) in [4.78, 5) is 2.57. The quantitative estimate of drug-likeness (QED) is 0.156. The maximum absolute atomic E-state index is 2.57. The van der Waals surface area contributed by atoms with E-state index in [4.69, 9.17) is 0 Å². The van der Waals surface area contributed by atoms with Crippen LogP contribution in [0.5, 0.6) is 0 Å². The van der Waals surface area contributed by atoms with Crippen LogP contribution in [0.3, 0.4) is 0 Å². The van der Waals surface area contributed by atoms with Gasteiger partial charge in [-0.05, 0) is 101 Å². The Morgan fingerprint density at radius 1 is 0.426 bits per heavy atom. The zero-order valence-electron chi connectivity index (χ0n) is 34.0.